The topological polar surface area (TPSA) is 92.7 Å². The molecule has 1 amide bonds. The Balaban J connectivity index is 4.14. The van der Waals surface area contributed by atoms with Gasteiger partial charge in [-0.1, -0.05) is 155 Å². The van der Waals surface area contributed by atoms with Crippen LogP contribution < -0.4 is 5.32 Å². The van der Waals surface area contributed by atoms with E-state index in [2.05, 4.69) is 31.3 Å². The van der Waals surface area contributed by atoms with Crippen LogP contribution in [0.3, 0.4) is 0 Å². The molecule has 0 aromatic heterocycles. The van der Waals surface area contributed by atoms with Gasteiger partial charge in [-0.15, -0.1) is 0 Å². The van der Waals surface area contributed by atoms with E-state index < -0.39 is 5.97 Å². The number of esters is 1. The maximum atomic E-state index is 12.6. The molecule has 0 spiro atoms. The molecule has 1 unspecified atom stereocenters. The molecule has 0 heterocycles. The first-order valence-corrected chi connectivity index (χ1v) is 18.8. The second-order valence-corrected chi connectivity index (χ2v) is 12.8. The van der Waals surface area contributed by atoms with Crippen molar-refractivity contribution in [2.45, 2.75) is 206 Å². The van der Waals surface area contributed by atoms with Crippen LogP contribution >= 0.6 is 0 Å². The van der Waals surface area contributed by atoms with E-state index in [1.807, 2.05) is 0 Å². The first-order chi connectivity index (χ1) is 21.5. The highest BCUT2D eigenvalue weighted by molar-refractivity contribution is 5.80. The largest absolute Gasteiger partial charge is 0.480 e. The van der Waals surface area contributed by atoms with Gasteiger partial charge in [0.05, 0.1) is 0 Å². The maximum absolute atomic E-state index is 12.6. The SMILES string of the molecule is CCCCCCCCC/C=C\C(CCCCCCC(=O)NCC(=O)O)OC(=O)CCCCCCCCCCCCCCCC. The fraction of sp³-hybridized carbons (Fsp3) is 0.868. The van der Waals surface area contributed by atoms with Gasteiger partial charge in [0.25, 0.3) is 0 Å². The van der Waals surface area contributed by atoms with Crippen LogP contribution in [0.2, 0.25) is 0 Å². The summed E-state index contributed by atoms with van der Waals surface area (Å²) in [5.41, 5.74) is 0. The Bertz CT molecular complexity index is 693. The van der Waals surface area contributed by atoms with Crippen molar-refractivity contribution >= 4 is 17.8 Å². The Labute approximate surface area is 271 Å². The van der Waals surface area contributed by atoms with Crippen molar-refractivity contribution in [3.8, 4) is 0 Å². The van der Waals surface area contributed by atoms with Crippen LogP contribution in [-0.2, 0) is 19.1 Å². The molecule has 0 saturated heterocycles. The Kier molecular flexibility index (Phi) is 32.6. The molecule has 0 aliphatic carbocycles. The van der Waals surface area contributed by atoms with E-state index in [1.54, 1.807) is 0 Å². The number of carboxylic acid groups (broad SMARTS) is 1. The molecule has 0 bridgehead atoms. The lowest BCUT2D eigenvalue weighted by Gasteiger charge is -2.15. The lowest BCUT2D eigenvalue weighted by molar-refractivity contribution is -0.147. The molecule has 6 nitrogen and oxygen atoms in total. The molecule has 0 aliphatic rings. The number of nitrogens with one attached hydrogen (secondary N) is 1. The number of allylic oxidation sites excluding steroid dienone is 1. The number of carbonyl (C=O) groups excluding carboxylic acids is 2. The molecule has 0 aliphatic heterocycles. The number of hydrogen-bond donors (Lipinski definition) is 2. The number of ether oxygens (including phenoxy) is 1. The zero-order valence-corrected chi connectivity index (χ0v) is 29.0. The number of carboxylic acids is 1. The summed E-state index contributed by atoms with van der Waals surface area (Å²) in [5.74, 6) is -1.32. The zero-order chi connectivity index (χ0) is 32.4. The van der Waals surface area contributed by atoms with Crippen LogP contribution in [0.15, 0.2) is 12.2 Å². The van der Waals surface area contributed by atoms with E-state index in [4.69, 9.17) is 9.84 Å². The second-order valence-electron chi connectivity index (χ2n) is 12.8. The zero-order valence-electron chi connectivity index (χ0n) is 29.0. The van der Waals surface area contributed by atoms with Crippen LogP contribution in [0.25, 0.3) is 0 Å². The summed E-state index contributed by atoms with van der Waals surface area (Å²) in [6.07, 6.45) is 37.7. The predicted octanol–water partition coefficient (Wildman–Crippen LogP) is 11.0. The Morgan fingerprint density at radius 3 is 1.52 bits per heavy atom. The van der Waals surface area contributed by atoms with Gasteiger partial charge in [0.15, 0.2) is 0 Å². The molecular formula is C38H71NO5. The highest BCUT2D eigenvalue weighted by Gasteiger charge is 2.12. The van der Waals surface area contributed by atoms with Crippen LogP contribution in [0.1, 0.15) is 200 Å². The minimum absolute atomic E-state index is 0.0791. The van der Waals surface area contributed by atoms with Crippen molar-refractivity contribution < 1.29 is 24.2 Å². The molecule has 0 radical (unpaired) electrons. The number of carbonyl (C=O) groups is 3. The molecule has 258 valence electrons. The Morgan fingerprint density at radius 2 is 1.02 bits per heavy atom. The number of unbranched alkanes of at least 4 members (excludes halogenated alkanes) is 23. The minimum atomic E-state index is -1.02. The van der Waals surface area contributed by atoms with Crippen molar-refractivity contribution in [3.63, 3.8) is 0 Å². The normalized spacial score (nSPS) is 12.0. The van der Waals surface area contributed by atoms with E-state index in [-0.39, 0.29) is 24.5 Å². The first-order valence-electron chi connectivity index (χ1n) is 18.8. The molecule has 1 atom stereocenters. The molecule has 0 fully saturated rings. The lowest BCUT2D eigenvalue weighted by Crippen LogP contribution is -2.28. The summed E-state index contributed by atoms with van der Waals surface area (Å²) in [5, 5.41) is 11.1. The van der Waals surface area contributed by atoms with Crippen LogP contribution in [0, 0.1) is 0 Å². The number of hydrogen-bond acceptors (Lipinski definition) is 4. The van der Waals surface area contributed by atoms with Crippen LogP contribution in [0.4, 0.5) is 0 Å². The Hall–Kier alpha value is -1.85. The second kappa shape index (κ2) is 34.0. The van der Waals surface area contributed by atoms with Crippen LogP contribution in [-0.4, -0.2) is 35.6 Å². The molecule has 0 aromatic rings. The predicted molar refractivity (Wildman–Crippen MR) is 185 cm³/mol. The lowest BCUT2D eigenvalue weighted by atomic mass is 10.0. The third-order valence-electron chi connectivity index (χ3n) is 8.42. The summed E-state index contributed by atoms with van der Waals surface area (Å²) in [7, 11) is 0. The van der Waals surface area contributed by atoms with Gasteiger partial charge >= 0.3 is 11.9 Å². The van der Waals surface area contributed by atoms with Gasteiger partial charge in [-0.2, -0.15) is 0 Å². The number of aliphatic carboxylic acids is 1. The summed E-state index contributed by atoms with van der Waals surface area (Å²) < 4.78 is 5.89. The third-order valence-corrected chi connectivity index (χ3v) is 8.42. The maximum Gasteiger partial charge on any atom is 0.322 e. The Morgan fingerprint density at radius 1 is 0.591 bits per heavy atom. The average Bonchev–Trinajstić information content (AvgIpc) is 3.00. The summed E-state index contributed by atoms with van der Waals surface area (Å²) in [6.45, 7) is 4.20. The standard InChI is InChI=1S/C38H71NO5/c1-3-5-7-9-11-13-14-15-16-17-19-21-23-29-33-38(43)44-35(30-26-22-20-18-12-10-8-6-4-2)31-27-24-25-28-32-36(40)39-34-37(41)42/h26,30,35H,3-25,27-29,31-34H2,1-2H3,(H,39,40)(H,41,42)/b30-26-. The monoisotopic (exact) mass is 622 g/mol. The van der Waals surface area contributed by atoms with E-state index in [0.29, 0.717) is 12.8 Å². The molecule has 0 aromatic carbocycles. The molecule has 0 rings (SSSR count). The summed E-state index contributed by atoms with van der Waals surface area (Å²) in [4.78, 5) is 34.8. The molecule has 44 heavy (non-hydrogen) atoms. The van der Waals surface area contributed by atoms with Crippen molar-refractivity contribution in [3.05, 3.63) is 12.2 Å². The van der Waals surface area contributed by atoms with Crippen molar-refractivity contribution in [1.82, 2.24) is 5.32 Å². The van der Waals surface area contributed by atoms with Gasteiger partial charge in [-0.25, -0.2) is 0 Å². The van der Waals surface area contributed by atoms with Crippen LogP contribution in [0.5, 0.6) is 0 Å². The third kappa shape index (κ3) is 33.1. The van der Waals surface area contributed by atoms with E-state index >= 15 is 0 Å². The van der Waals surface area contributed by atoms with E-state index in [1.165, 1.54) is 122 Å². The van der Waals surface area contributed by atoms with Gasteiger partial charge < -0.3 is 15.2 Å². The van der Waals surface area contributed by atoms with Gasteiger partial charge in [0, 0.05) is 12.8 Å². The van der Waals surface area contributed by atoms with Gasteiger partial charge in [-0.05, 0) is 44.6 Å². The summed E-state index contributed by atoms with van der Waals surface area (Å²) in [6, 6.07) is 0. The first kappa shape index (κ1) is 42.1. The van der Waals surface area contributed by atoms with Crippen molar-refractivity contribution in [1.29, 1.82) is 0 Å². The number of rotatable bonds is 34. The smallest absolute Gasteiger partial charge is 0.322 e. The van der Waals surface area contributed by atoms with Gasteiger partial charge in [0.1, 0.15) is 12.6 Å². The highest BCUT2D eigenvalue weighted by atomic mass is 16.5. The summed E-state index contributed by atoms with van der Waals surface area (Å²) >= 11 is 0. The van der Waals surface area contributed by atoms with E-state index in [9.17, 15) is 14.4 Å². The fourth-order valence-corrected chi connectivity index (χ4v) is 5.60. The molecular weight excluding hydrogens is 550 g/mol. The van der Waals surface area contributed by atoms with Crippen molar-refractivity contribution in [2.75, 3.05) is 6.54 Å². The molecule has 2 N–H and O–H groups in total. The minimum Gasteiger partial charge on any atom is -0.480 e. The van der Waals surface area contributed by atoms with E-state index in [0.717, 1.165) is 51.4 Å². The number of amides is 1. The quantitative estimate of drug-likeness (QED) is 0.0423. The van der Waals surface area contributed by atoms with Crippen molar-refractivity contribution in [2.24, 2.45) is 0 Å². The van der Waals surface area contributed by atoms with Gasteiger partial charge in [0.2, 0.25) is 5.91 Å². The van der Waals surface area contributed by atoms with Gasteiger partial charge in [-0.3, -0.25) is 14.4 Å². The average molecular weight is 622 g/mol. The molecule has 6 heteroatoms. The fourth-order valence-electron chi connectivity index (χ4n) is 5.60. The highest BCUT2D eigenvalue weighted by Crippen LogP contribution is 2.16. The molecule has 0 saturated carbocycles.